The van der Waals surface area contributed by atoms with E-state index in [9.17, 15) is 9.59 Å². The molecule has 136 valence electrons. The van der Waals surface area contributed by atoms with Crippen molar-refractivity contribution in [2.75, 3.05) is 6.61 Å². The zero-order valence-corrected chi connectivity index (χ0v) is 15.8. The molecular formula is C19H36O4. The standard InChI is InChI=1S/C19H36O4/c1-6-8-9-10-11-12-15-22-17(20)13-14-18(21)23-16(7-2)19(3,4)5/h16H,6-15H2,1-5H3. The van der Waals surface area contributed by atoms with Gasteiger partial charge < -0.3 is 9.47 Å². The first kappa shape index (κ1) is 21.9. The molecule has 0 aliphatic rings. The first-order valence-electron chi connectivity index (χ1n) is 9.16. The van der Waals surface area contributed by atoms with Gasteiger partial charge in [0.2, 0.25) is 0 Å². The fourth-order valence-electron chi connectivity index (χ4n) is 2.43. The number of ether oxygens (including phenoxy) is 2. The lowest BCUT2D eigenvalue weighted by Gasteiger charge is -2.29. The molecule has 1 atom stereocenters. The van der Waals surface area contributed by atoms with Crippen LogP contribution >= 0.6 is 0 Å². The monoisotopic (exact) mass is 328 g/mol. The van der Waals surface area contributed by atoms with Crippen LogP contribution in [0.5, 0.6) is 0 Å². The highest BCUT2D eigenvalue weighted by Crippen LogP contribution is 2.25. The molecule has 0 spiro atoms. The molecule has 0 aromatic rings. The van der Waals surface area contributed by atoms with Crippen LogP contribution in [-0.2, 0) is 19.1 Å². The smallest absolute Gasteiger partial charge is 0.306 e. The Balaban J connectivity index is 3.74. The van der Waals surface area contributed by atoms with Crippen LogP contribution in [0.4, 0.5) is 0 Å². The average molecular weight is 328 g/mol. The third-order valence-electron chi connectivity index (χ3n) is 3.90. The van der Waals surface area contributed by atoms with Crippen LogP contribution in [0.25, 0.3) is 0 Å². The highest BCUT2D eigenvalue weighted by Gasteiger charge is 2.26. The topological polar surface area (TPSA) is 52.6 Å². The van der Waals surface area contributed by atoms with Crippen LogP contribution in [-0.4, -0.2) is 24.6 Å². The van der Waals surface area contributed by atoms with E-state index in [2.05, 4.69) is 6.92 Å². The normalized spacial score (nSPS) is 12.7. The number of carbonyl (C=O) groups excluding carboxylic acids is 2. The number of hydrogen-bond acceptors (Lipinski definition) is 4. The molecule has 0 saturated heterocycles. The van der Waals surface area contributed by atoms with Crippen molar-refractivity contribution in [3.8, 4) is 0 Å². The van der Waals surface area contributed by atoms with Gasteiger partial charge in [-0.3, -0.25) is 9.59 Å². The van der Waals surface area contributed by atoms with Gasteiger partial charge in [0.25, 0.3) is 0 Å². The van der Waals surface area contributed by atoms with Crippen molar-refractivity contribution in [1.82, 2.24) is 0 Å². The zero-order chi connectivity index (χ0) is 17.7. The molecule has 4 heteroatoms. The van der Waals surface area contributed by atoms with Crippen molar-refractivity contribution < 1.29 is 19.1 Å². The number of hydrogen-bond donors (Lipinski definition) is 0. The van der Waals surface area contributed by atoms with Crippen LogP contribution in [0.2, 0.25) is 0 Å². The molecule has 4 nitrogen and oxygen atoms in total. The summed E-state index contributed by atoms with van der Waals surface area (Å²) >= 11 is 0. The Morgan fingerprint density at radius 3 is 2.00 bits per heavy atom. The molecule has 0 bridgehead atoms. The van der Waals surface area contributed by atoms with Crippen molar-refractivity contribution in [3.63, 3.8) is 0 Å². The van der Waals surface area contributed by atoms with Gasteiger partial charge in [0.15, 0.2) is 0 Å². The van der Waals surface area contributed by atoms with Crippen LogP contribution in [0.1, 0.15) is 92.4 Å². The van der Waals surface area contributed by atoms with Gasteiger partial charge in [0.05, 0.1) is 19.4 Å². The molecule has 0 N–H and O–H groups in total. The van der Waals surface area contributed by atoms with Crippen molar-refractivity contribution >= 4 is 11.9 Å². The van der Waals surface area contributed by atoms with E-state index in [1.807, 2.05) is 27.7 Å². The fraction of sp³-hybridized carbons (Fsp3) is 0.895. The molecule has 1 unspecified atom stereocenters. The summed E-state index contributed by atoms with van der Waals surface area (Å²) < 4.78 is 10.6. The number of rotatable bonds is 12. The largest absolute Gasteiger partial charge is 0.466 e. The van der Waals surface area contributed by atoms with E-state index < -0.39 is 0 Å². The second kappa shape index (κ2) is 12.4. The Kier molecular flexibility index (Phi) is 11.8. The van der Waals surface area contributed by atoms with Gasteiger partial charge in [0, 0.05) is 0 Å². The van der Waals surface area contributed by atoms with Gasteiger partial charge in [-0.05, 0) is 18.3 Å². The summed E-state index contributed by atoms with van der Waals surface area (Å²) in [6.07, 6.45) is 7.82. The maximum atomic E-state index is 11.8. The molecular weight excluding hydrogens is 292 g/mol. The summed E-state index contributed by atoms with van der Waals surface area (Å²) in [7, 11) is 0. The maximum absolute atomic E-state index is 11.8. The highest BCUT2D eigenvalue weighted by atomic mass is 16.5. The number of carbonyl (C=O) groups is 2. The lowest BCUT2D eigenvalue weighted by molar-refractivity contribution is -0.158. The minimum atomic E-state index is -0.316. The molecule has 0 rings (SSSR count). The lowest BCUT2D eigenvalue weighted by atomic mass is 9.87. The minimum Gasteiger partial charge on any atom is -0.466 e. The van der Waals surface area contributed by atoms with Gasteiger partial charge in [-0.25, -0.2) is 0 Å². The molecule has 0 heterocycles. The highest BCUT2D eigenvalue weighted by molar-refractivity contribution is 5.77. The van der Waals surface area contributed by atoms with Crippen molar-refractivity contribution in [2.45, 2.75) is 98.5 Å². The maximum Gasteiger partial charge on any atom is 0.306 e. The second-order valence-corrected chi connectivity index (χ2v) is 7.24. The molecule has 0 aromatic carbocycles. The predicted octanol–water partition coefficient (Wildman–Crippen LogP) is 5.04. The van der Waals surface area contributed by atoms with Crippen LogP contribution in [0.15, 0.2) is 0 Å². The molecule has 0 radical (unpaired) electrons. The lowest BCUT2D eigenvalue weighted by Crippen LogP contribution is -2.31. The molecule has 0 aromatic heterocycles. The Bertz CT molecular complexity index is 331. The van der Waals surface area contributed by atoms with E-state index in [1.165, 1.54) is 25.7 Å². The summed E-state index contributed by atoms with van der Waals surface area (Å²) in [5.41, 5.74) is -0.0807. The van der Waals surface area contributed by atoms with Gasteiger partial charge >= 0.3 is 11.9 Å². The Morgan fingerprint density at radius 1 is 0.870 bits per heavy atom. The first-order valence-corrected chi connectivity index (χ1v) is 9.16. The van der Waals surface area contributed by atoms with Crippen molar-refractivity contribution in [2.24, 2.45) is 5.41 Å². The van der Waals surface area contributed by atoms with Gasteiger partial charge in [0.1, 0.15) is 6.10 Å². The van der Waals surface area contributed by atoms with Crippen LogP contribution in [0.3, 0.4) is 0 Å². The summed E-state index contributed by atoms with van der Waals surface area (Å²) in [4.78, 5) is 23.4. The summed E-state index contributed by atoms with van der Waals surface area (Å²) in [5.74, 6) is -0.623. The quantitative estimate of drug-likeness (QED) is 0.372. The molecule has 0 aliphatic carbocycles. The Hall–Kier alpha value is -1.06. The Morgan fingerprint density at radius 2 is 1.43 bits per heavy atom. The second-order valence-electron chi connectivity index (χ2n) is 7.24. The third-order valence-corrected chi connectivity index (χ3v) is 3.90. The van der Waals surface area contributed by atoms with Gasteiger partial charge in [-0.1, -0.05) is 66.7 Å². The Labute approximate surface area is 142 Å². The van der Waals surface area contributed by atoms with E-state index in [4.69, 9.17) is 9.47 Å². The molecule has 0 amide bonds. The minimum absolute atomic E-state index is 0.0807. The van der Waals surface area contributed by atoms with Gasteiger partial charge in [-0.2, -0.15) is 0 Å². The molecule has 0 fully saturated rings. The van der Waals surface area contributed by atoms with E-state index in [0.29, 0.717) is 6.61 Å². The number of unbranched alkanes of at least 4 members (excludes halogenated alkanes) is 5. The summed E-state index contributed by atoms with van der Waals surface area (Å²) in [5, 5.41) is 0. The molecule has 0 saturated carbocycles. The van der Waals surface area contributed by atoms with E-state index in [1.54, 1.807) is 0 Å². The third kappa shape index (κ3) is 12.1. The molecule has 0 aliphatic heterocycles. The van der Waals surface area contributed by atoms with Crippen LogP contribution < -0.4 is 0 Å². The van der Waals surface area contributed by atoms with Crippen LogP contribution in [0, 0.1) is 5.41 Å². The van der Waals surface area contributed by atoms with E-state index in [-0.39, 0.29) is 36.3 Å². The summed E-state index contributed by atoms with van der Waals surface area (Å²) in [6, 6.07) is 0. The average Bonchev–Trinajstić information content (AvgIpc) is 2.48. The van der Waals surface area contributed by atoms with Gasteiger partial charge in [-0.15, -0.1) is 0 Å². The number of esters is 2. The molecule has 23 heavy (non-hydrogen) atoms. The fourth-order valence-corrected chi connectivity index (χ4v) is 2.43. The zero-order valence-electron chi connectivity index (χ0n) is 15.8. The summed E-state index contributed by atoms with van der Waals surface area (Å²) in [6.45, 7) is 10.8. The first-order chi connectivity index (χ1) is 10.8. The SMILES string of the molecule is CCCCCCCCOC(=O)CCC(=O)OC(CC)C(C)(C)C. The van der Waals surface area contributed by atoms with Crippen molar-refractivity contribution in [3.05, 3.63) is 0 Å². The van der Waals surface area contributed by atoms with Crippen molar-refractivity contribution in [1.29, 1.82) is 0 Å². The predicted molar refractivity (Wildman–Crippen MR) is 93.2 cm³/mol. The van der Waals surface area contributed by atoms with E-state index >= 15 is 0 Å². The van der Waals surface area contributed by atoms with E-state index in [0.717, 1.165) is 19.3 Å².